The Balaban J connectivity index is 2.56. The van der Waals surface area contributed by atoms with Gasteiger partial charge in [0, 0.05) is 11.3 Å². The summed E-state index contributed by atoms with van der Waals surface area (Å²) in [4.78, 5) is 12.4. The van der Waals surface area contributed by atoms with Gasteiger partial charge < -0.3 is 0 Å². The van der Waals surface area contributed by atoms with Crippen molar-refractivity contribution in [3.8, 4) is 5.69 Å². The maximum atomic E-state index is 12.4. The van der Waals surface area contributed by atoms with Gasteiger partial charge in [0.2, 0.25) is 0 Å². The number of hydrogen-bond acceptors (Lipinski definition) is 1. The van der Waals surface area contributed by atoms with Gasteiger partial charge in [0.05, 0.1) is 5.69 Å². The number of rotatable bonds is 4. The smallest absolute Gasteiger partial charge is 0.274 e. The molecule has 0 atom stereocenters. The molecule has 19 heavy (non-hydrogen) atoms. The van der Waals surface area contributed by atoms with Crippen LogP contribution < -0.4 is 5.56 Å². The van der Waals surface area contributed by atoms with E-state index in [9.17, 15) is 4.79 Å². The minimum Gasteiger partial charge on any atom is -0.295 e. The van der Waals surface area contributed by atoms with Crippen LogP contribution in [0.15, 0.2) is 23.0 Å². The largest absolute Gasteiger partial charge is 0.295 e. The molecule has 0 aliphatic rings. The second kappa shape index (κ2) is 5.47. The average Bonchev–Trinajstić information content (AvgIpc) is 2.70. The first-order valence-corrected chi connectivity index (χ1v) is 6.98. The molecular weight excluding hydrogens is 236 g/mol. The quantitative estimate of drug-likeness (QED) is 0.897. The van der Waals surface area contributed by atoms with Crippen molar-refractivity contribution < 1.29 is 0 Å². The van der Waals surface area contributed by atoms with Gasteiger partial charge in [0.25, 0.3) is 5.56 Å². The predicted octanol–water partition coefficient (Wildman–Crippen LogP) is 3.30. The minimum absolute atomic E-state index is 0.0919. The lowest BCUT2D eigenvalue weighted by molar-refractivity contribution is 0.792. The van der Waals surface area contributed by atoms with Gasteiger partial charge >= 0.3 is 0 Å². The Morgan fingerprint density at radius 1 is 1.16 bits per heavy atom. The Bertz CT molecular complexity index is 635. The SMILES string of the molecule is CCCc1[nH]n(-c2ccc(C)c(C)c2)c(=O)c1CC. The molecule has 1 heterocycles. The van der Waals surface area contributed by atoms with Crippen molar-refractivity contribution >= 4 is 0 Å². The number of aromatic nitrogens is 2. The number of aromatic amines is 1. The van der Waals surface area contributed by atoms with E-state index in [0.29, 0.717) is 0 Å². The molecule has 0 bridgehead atoms. The van der Waals surface area contributed by atoms with E-state index in [1.807, 2.05) is 13.0 Å². The summed E-state index contributed by atoms with van der Waals surface area (Å²) < 4.78 is 1.68. The van der Waals surface area contributed by atoms with Crippen molar-refractivity contribution in [2.75, 3.05) is 0 Å². The van der Waals surface area contributed by atoms with E-state index in [-0.39, 0.29) is 5.56 Å². The fraction of sp³-hybridized carbons (Fsp3) is 0.438. The normalized spacial score (nSPS) is 10.9. The molecule has 2 rings (SSSR count). The van der Waals surface area contributed by atoms with Crippen LogP contribution in [0.25, 0.3) is 5.69 Å². The number of hydrogen-bond donors (Lipinski definition) is 1. The van der Waals surface area contributed by atoms with Crippen molar-refractivity contribution in [3.63, 3.8) is 0 Å². The lowest BCUT2D eigenvalue weighted by Gasteiger charge is -2.05. The summed E-state index contributed by atoms with van der Waals surface area (Å²) >= 11 is 0. The second-order valence-electron chi connectivity index (χ2n) is 5.08. The Morgan fingerprint density at radius 3 is 2.47 bits per heavy atom. The first kappa shape index (κ1) is 13.7. The first-order valence-electron chi connectivity index (χ1n) is 6.98. The van der Waals surface area contributed by atoms with Gasteiger partial charge in [-0.1, -0.05) is 26.3 Å². The highest BCUT2D eigenvalue weighted by Gasteiger charge is 2.13. The molecule has 0 aliphatic carbocycles. The number of H-pyrrole nitrogens is 1. The highest BCUT2D eigenvalue weighted by atomic mass is 16.1. The molecule has 0 saturated carbocycles. The zero-order valence-corrected chi connectivity index (χ0v) is 12.2. The molecular formula is C16H22N2O. The Morgan fingerprint density at radius 2 is 1.89 bits per heavy atom. The summed E-state index contributed by atoms with van der Waals surface area (Å²) in [6.07, 6.45) is 2.75. The molecule has 2 aromatic rings. The van der Waals surface area contributed by atoms with Crippen LogP contribution in [0.2, 0.25) is 0 Å². The van der Waals surface area contributed by atoms with Crippen molar-refractivity contribution in [1.82, 2.24) is 9.78 Å². The van der Waals surface area contributed by atoms with Crippen LogP contribution >= 0.6 is 0 Å². The van der Waals surface area contributed by atoms with Gasteiger partial charge in [-0.15, -0.1) is 0 Å². The molecule has 1 aromatic heterocycles. The maximum absolute atomic E-state index is 12.4. The molecule has 1 aromatic carbocycles. The van der Waals surface area contributed by atoms with E-state index in [2.05, 4.69) is 38.0 Å². The van der Waals surface area contributed by atoms with Crippen LogP contribution in [0.3, 0.4) is 0 Å². The molecule has 0 radical (unpaired) electrons. The highest BCUT2D eigenvalue weighted by molar-refractivity contribution is 5.40. The molecule has 3 nitrogen and oxygen atoms in total. The van der Waals surface area contributed by atoms with E-state index in [4.69, 9.17) is 0 Å². The van der Waals surface area contributed by atoms with Crippen molar-refractivity contribution in [2.24, 2.45) is 0 Å². The van der Waals surface area contributed by atoms with Crippen LogP contribution in [0.5, 0.6) is 0 Å². The average molecular weight is 258 g/mol. The van der Waals surface area contributed by atoms with Gasteiger partial charge in [-0.3, -0.25) is 9.89 Å². The zero-order valence-electron chi connectivity index (χ0n) is 12.2. The zero-order chi connectivity index (χ0) is 14.0. The summed E-state index contributed by atoms with van der Waals surface area (Å²) in [5.41, 5.74) is 5.45. The van der Waals surface area contributed by atoms with E-state index >= 15 is 0 Å². The molecule has 1 N–H and O–H groups in total. The standard InChI is InChI=1S/C16H22N2O/c1-5-7-15-14(6-2)16(19)18(17-15)13-9-8-11(3)12(4)10-13/h8-10,17H,5-7H2,1-4H3. The molecule has 102 valence electrons. The summed E-state index contributed by atoms with van der Waals surface area (Å²) in [5.74, 6) is 0. The van der Waals surface area contributed by atoms with Crippen LogP contribution in [-0.4, -0.2) is 9.78 Å². The van der Waals surface area contributed by atoms with Crippen molar-refractivity contribution in [2.45, 2.75) is 47.0 Å². The monoisotopic (exact) mass is 258 g/mol. The van der Waals surface area contributed by atoms with Crippen LogP contribution in [-0.2, 0) is 12.8 Å². The predicted molar refractivity (Wildman–Crippen MR) is 79.2 cm³/mol. The van der Waals surface area contributed by atoms with Crippen molar-refractivity contribution in [3.05, 3.63) is 50.9 Å². The molecule has 3 heteroatoms. The van der Waals surface area contributed by atoms with E-state index < -0.39 is 0 Å². The summed E-state index contributed by atoms with van der Waals surface area (Å²) in [5, 5.41) is 3.27. The lowest BCUT2D eigenvalue weighted by atomic mass is 10.1. The fourth-order valence-corrected chi connectivity index (χ4v) is 2.39. The van der Waals surface area contributed by atoms with Crippen LogP contribution in [0, 0.1) is 13.8 Å². The number of benzene rings is 1. The Hall–Kier alpha value is -1.77. The lowest BCUT2D eigenvalue weighted by Crippen LogP contribution is -2.17. The second-order valence-corrected chi connectivity index (χ2v) is 5.08. The third-order valence-corrected chi connectivity index (χ3v) is 3.67. The van der Waals surface area contributed by atoms with E-state index in [1.165, 1.54) is 11.1 Å². The molecule has 0 unspecified atom stereocenters. The van der Waals surface area contributed by atoms with Gasteiger partial charge in [0.15, 0.2) is 0 Å². The summed E-state index contributed by atoms with van der Waals surface area (Å²) in [7, 11) is 0. The molecule has 0 amide bonds. The molecule has 0 spiro atoms. The topological polar surface area (TPSA) is 37.8 Å². The van der Waals surface area contributed by atoms with Gasteiger partial charge in [0.1, 0.15) is 0 Å². The Kier molecular flexibility index (Phi) is 3.93. The minimum atomic E-state index is 0.0919. The van der Waals surface area contributed by atoms with Gasteiger partial charge in [-0.05, 0) is 49.9 Å². The molecule has 0 fully saturated rings. The molecule has 0 aliphatic heterocycles. The van der Waals surface area contributed by atoms with Gasteiger partial charge in [-0.25, -0.2) is 4.68 Å². The maximum Gasteiger partial charge on any atom is 0.274 e. The van der Waals surface area contributed by atoms with Crippen LogP contribution in [0.4, 0.5) is 0 Å². The van der Waals surface area contributed by atoms with Crippen LogP contribution in [0.1, 0.15) is 42.7 Å². The molecule has 0 saturated heterocycles. The van der Waals surface area contributed by atoms with E-state index in [1.54, 1.807) is 4.68 Å². The summed E-state index contributed by atoms with van der Waals surface area (Å²) in [6.45, 7) is 8.32. The van der Waals surface area contributed by atoms with Gasteiger partial charge in [-0.2, -0.15) is 0 Å². The number of nitrogens with one attached hydrogen (secondary N) is 1. The fourth-order valence-electron chi connectivity index (χ4n) is 2.39. The third-order valence-electron chi connectivity index (χ3n) is 3.67. The van der Waals surface area contributed by atoms with Crippen molar-refractivity contribution in [1.29, 1.82) is 0 Å². The third kappa shape index (κ3) is 2.50. The highest BCUT2D eigenvalue weighted by Crippen LogP contribution is 2.14. The number of aryl methyl sites for hydroxylation is 3. The number of nitrogens with zero attached hydrogens (tertiary/aromatic N) is 1. The summed E-state index contributed by atoms with van der Waals surface area (Å²) in [6, 6.07) is 6.11. The Labute approximate surface area is 114 Å². The first-order chi connectivity index (χ1) is 9.08. The van der Waals surface area contributed by atoms with E-state index in [0.717, 1.165) is 36.2 Å².